The average molecular weight is 410 g/mol. The molecule has 156 valence electrons. The predicted octanol–water partition coefficient (Wildman–Crippen LogP) is 3.70. The molecule has 1 aliphatic rings. The molecule has 1 fully saturated rings. The molecule has 1 saturated heterocycles. The second-order valence-electron chi connectivity index (χ2n) is 7.26. The lowest BCUT2D eigenvalue weighted by molar-refractivity contribution is -0.117. The number of benzene rings is 2. The summed E-state index contributed by atoms with van der Waals surface area (Å²) in [5, 5.41) is 6.93. The van der Waals surface area contributed by atoms with Crippen LogP contribution in [0.15, 0.2) is 53.1 Å². The third kappa shape index (κ3) is 4.65. The molecule has 0 atom stereocenters. The van der Waals surface area contributed by atoms with E-state index in [0.717, 1.165) is 31.5 Å². The first-order valence-electron chi connectivity index (χ1n) is 9.87. The van der Waals surface area contributed by atoms with Crippen LogP contribution in [0.3, 0.4) is 0 Å². The Morgan fingerprint density at radius 3 is 2.67 bits per heavy atom. The van der Waals surface area contributed by atoms with Crippen LogP contribution in [-0.2, 0) is 4.79 Å². The Morgan fingerprint density at radius 2 is 1.93 bits per heavy atom. The van der Waals surface area contributed by atoms with Crippen molar-refractivity contribution >= 4 is 11.6 Å². The zero-order chi connectivity index (χ0) is 20.9. The van der Waals surface area contributed by atoms with Gasteiger partial charge in [-0.25, -0.2) is 4.39 Å². The molecule has 2 heterocycles. The number of amides is 1. The average Bonchev–Trinajstić information content (AvgIpc) is 3.25. The fraction of sp³-hybridized carbons (Fsp3) is 0.318. The number of likely N-dealkylation sites (tertiary alicyclic amines) is 1. The molecule has 0 unspecified atom stereocenters. The smallest absolute Gasteiger partial charge is 0.238 e. The summed E-state index contributed by atoms with van der Waals surface area (Å²) in [6.45, 7) is 1.84. The SMILES string of the molecule is COc1ccccc1NC(=O)CN1CCC(c2nc(-c3ccc(F)cc3)no2)CC1. The highest BCUT2D eigenvalue weighted by atomic mass is 19.1. The Balaban J connectivity index is 1.30. The van der Waals surface area contributed by atoms with Crippen LogP contribution in [0.25, 0.3) is 11.4 Å². The van der Waals surface area contributed by atoms with E-state index in [-0.39, 0.29) is 17.6 Å². The summed E-state index contributed by atoms with van der Waals surface area (Å²) >= 11 is 0. The van der Waals surface area contributed by atoms with Crippen molar-refractivity contribution in [2.24, 2.45) is 0 Å². The Hall–Kier alpha value is -3.26. The minimum absolute atomic E-state index is 0.0747. The second kappa shape index (κ2) is 9.04. The Bertz CT molecular complexity index is 998. The number of para-hydroxylation sites is 2. The predicted molar refractivity (Wildman–Crippen MR) is 110 cm³/mol. The van der Waals surface area contributed by atoms with Gasteiger partial charge in [-0.3, -0.25) is 9.69 Å². The van der Waals surface area contributed by atoms with E-state index in [1.54, 1.807) is 19.2 Å². The highest BCUT2D eigenvalue weighted by Crippen LogP contribution is 2.29. The second-order valence-corrected chi connectivity index (χ2v) is 7.26. The lowest BCUT2D eigenvalue weighted by atomic mass is 9.97. The highest BCUT2D eigenvalue weighted by Gasteiger charge is 2.26. The van der Waals surface area contributed by atoms with Crippen LogP contribution in [0.4, 0.5) is 10.1 Å². The van der Waals surface area contributed by atoms with E-state index in [1.165, 1.54) is 12.1 Å². The van der Waals surface area contributed by atoms with Crippen LogP contribution in [0.5, 0.6) is 5.75 Å². The van der Waals surface area contributed by atoms with Crippen molar-refractivity contribution in [2.45, 2.75) is 18.8 Å². The van der Waals surface area contributed by atoms with E-state index in [2.05, 4.69) is 20.4 Å². The molecule has 0 spiro atoms. The first-order chi connectivity index (χ1) is 14.6. The number of methoxy groups -OCH3 is 1. The molecule has 1 aromatic heterocycles. The number of nitrogens with zero attached hydrogens (tertiary/aromatic N) is 3. The van der Waals surface area contributed by atoms with E-state index in [1.807, 2.05) is 24.3 Å². The third-order valence-electron chi connectivity index (χ3n) is 5.23. The normalized spacial score (nSPS) is 15.1. The molecule has 1 amide bonds. The summed E-state index contributed by atoms with van der Waals surface area (Å²) in [5.41, 5.74) is 1.39. The summed E-state index contributed by atoms with van der Waals surface area (Å²) in [5.74, 6) is 1.47. The number of carbonyl (C=O) groups is 1. The van der Waals surface area contributed by atoms with Gasteiger partial charge in [0.25, 0.3) is 0 Å². The molecule has 8 heteroatoms. The zero-order valence-corrected chi connectivity index (χ0v) is 16.7. The summed E-state index contributed by atoms with van der Waals surface area (Å²) in [4.78, 5) is 19.0. The molecule has 4 rings (SSSR count). The van der Waals surface area contributed by atoms with Crippen LogP contribution >= 0.6 is 0 Å². The quantitative estimate of drug-likeness (QED) is 0.667. The van der Waals surface area contributed by atoms with Gasteiger partial charge in [0.15, 0.2) is 0 Å². The summed E-state index contributed by atoms with van der Waals surface area (Å²) < 4.78 is 23.8. The molecule has 0 saturated carbocycles. The minimum atomic E-state index is -0.301. The number of ether oxygens (including phenoxy) is 1. The van der Waals surface area contributed by atoms with Crippen molar-refractivity contribution in [1.82, 2.24) is 15.0 Å². The van der Waals surface area contributed by atoms with Crippen molar-refractivity contribution in [3.8, 4) is 17.1 Å². The number of nitrogens with one attached hydrogen (secondary N) is 1. The van der Waals surface area contributed by atoms with Crippen molar-refractivity contribution in [3.05, 3.63) is 60.2 Å². The fourth-order valence-electron chi connectivity index (χ4n) is 3.60. The molecule has 1 aliphatic heterocycles. The van der Waals surface area contributed by atoms with Crippen molar-refractivity contribution in [1.29, 1.82) is 0 Å². The molecule has 30 heavy (non-hydrogen) atoms. The maximum Gasteiger partial charge on any atom is 0.238 e. The Morgan fingerprint density at radius 1 is 1.20 bits per heavy atom. The molecule has 3 aromatic rings. The number of hydrogen-bond acceptors (Lipinski definition) is 6. The molecular formula is C22H23FN4O3. The van der Waals surface area contributed by atoms with Crippen LogP contribution in [0, 0.1) is 5.82 Å². The first-order valence-corrected chi connectivity index (χ1v) is 9.87. The molecule has 0 radical (unpaired) electrons. The number of piperidine rings is 1. The largest absolute Gasteiger partial charge is 0.495 e. The number of halogens is 1. The van der Waals surface area contributed by atoms with Crippen molar-refractivity contribution in [2.75, 3.05) is 32.1 Å². The van der Waals surface area contributed by atoms with E-state index >= 15 is 0 Å². The zero-order valence-electron chi connectivity index (χ0n) is 16.7. The number of hydrogen-bond donors (Lipinski definition) is 1. The van der Waals surface area contributed by atoms with Crippen LogP contribution < -0.4 is 10.1 Å². The third-order valence-corrected chi connectivity index (χ3v) is 5.23. The number of rotatable bonds is 6. The molecule has 7 nitrogen and oxygen atoms in total. The lowest BCUT2D eigenvalue weighted by Crippen LogP contribution is -2.38. The van der Waals surface area contributed by atoms with Crippen LogP contribution in [-0.4, -0.2) is 47.7 Å². The lowest BCUT2D eigenvalue weighted by Gasteiger charge is -2.29. The van der Waals surface area contributed by atoms with Gasteiger partial charge in [-0.2, -0.15) is 4.98 Å². The minimum Gasteiger partial charge on any atom is -0.495 e. The first kappa shape index (κ1) is 20.0. The molecule has 0 aliphatic carbocycles. The summed E-state index contributed by atoms with van der Waals surface area (Å²) in [6.07, 6.45) is 1.65. The molecule has 0 bridgehead atoms. The Labute approximate surface area is 173 Å². The number of anilines is 1. The van der Waals surface area contributed by atoms with Gasteiger partial charge in [0, 0.05) is 11.5 Å². The van der Waals surface area contributed by atoms with E-state index in [4.69, 9.17) is 9.26 Å². The van der Waals surface area contributed by atoms with E-state index < -0.39 is 0 Å². The van der Waals surface area contributed by atoms with Gasteiger partial charge in [-0.15, -0.1) is 0 Å². The monoisotopic (exact) mass is 410 g/mol. The maximum atomic E-state index is 13.1. The molecular weight excluding hydrogens is 387 g/mol. The Kier molecular flexibility index (Phi) is 6.04. The van der Waals surface area contributed by atoms with Gasteiger partial charge in [-0.05, 0) is 62.3 Å². The highest BCUT2D eigenvalue weighted by molar-refractivity contribution is 5.93. The van der Waals surface area contributed by atoms with Crippen LogP contribution in [0.2, 0.25) is 0 Å². The van der Waals surface area contributed by atoms with Gasteiger partial charge in [0.2, 0.25) is 17.6 Å². The van der Waals surface area contributed by atoms with Gasteiger partial charge in [0.1, 0.15) is 11.6 Å². The number of aromatic nitrogens is 2. The van der Waals surface area contributed by atoms with Gasteiger partial charge < -0.3 is 14.6 Å². The molecule has 2 aromatic carbocycles. The van der Waals surface area contributed by atoms with Crippen molar-refractivity contribution in [3.63, 3.8) is 0 Å². The van der Waals surface area contributed by atoms with Crippen LogP contribution in [0.1, 0.15) is 24.7 Å². The van der Waals surface area contributed by atoms with E-state index in [9.17, 15) is 9.18 Å². The molecule has 1 N–H and O–H groups in total. The standard InChI is InChI=1S/C22H23FN4O3/c1-29-19-5-3-2-4-18(19)24-20(28)14-27-12-10-16(11-13-27)22-25-21(26-30-22)15-6-8-17(23)9-7-15/h2-9,16H,10-14H2,1H3,(H,24,28). The van der Waals surface area contributed by atoms with Crippen molar-refractivity contribution < 1.29 is 18.4 Å². The fourth-order valence-corrected chi connectivity index (χ4v) is 3.60. The van der Waals surface area contributed by atoms with Gasteiger partial charge >= 0.3 is 0 Å². The maximum absolute atomic E-state index is 13.1. The van der Waals surface area contributed by atoms with Gasteiger partial charge in [0.05, 0.1) is 19.3 Å². The van der Waals surface area contributed by atoms with Gasteiger partial charge in [-0.1, -0.05) is 17.3 Å². The number of carbonyl (C=O) groups excluding carboxylic acids is 1. The summed E-state index contributed by atoms with van der Waals surface area (Å²) in [7, 11) is 1.58. The summed E-state index contributed by atoms with van der Waals surface area (Å²) in [6, 6.07) is 13.4. The topological polar surface area (TPSA) is 80.5 Å². The van der Waals surface area contributed by atoms with E-state index in [0.29, 0.717) is 29.7 Å².